The van der Waals surface area contributed by atoms with Crippen LogP contribution in [0, 0.1) is 12.5 Å². The maximum atomic E-state index is 5.24. The standard InChI is InChI=1S/C21H14N2S/c1-2-22-18-13-11-16(12-14-18)15-7-9-17(10-8-15)21-23-19-5-3-4-6-20(19)24-21/h1,3-14,22H. The van der Waals surface area contributed by atoms with Crippen molar-refractivity contribution >= 4 is 27.2 Å². The van der Waals surface area contributed by atoms with Gasteiger partial charge in [-0.2, -0.15) is 0 Å². The quantitative estimate of drug-likeness (QED) is 0.390. The van der Waals surface area contributed by atoms with Gasteiger partial charge in [0.05, 0.1) is 10.2 Å². The molecule has 1 aromatic heterocycles. The topological polar surface area (TPSA) is 24.9 Å². The van der Waals surface area contributed by atoms with Crippen LogP contribution in [0.2, 0.25) is 0 Å². The first-order valence-electron chi connectivity index (χ1n) is 7.61. The summed E-state index contributed by atoms with van der Waals surface area (Å²) in [6, 6.07) is 27.3. The van der Waals surface area contributed by atoms with Gasteiger partial charge in [-0.15, -0.1) is 11.3 Å². The monoisotopic (exact) mass is 326 g/mol. The molecule has 0 aliphatic carbocycles. The molecule has 0 radical (unpaired) electrons. The Bertz CT molecular complexity index is 989. The molecule has 0 saturated heterocycles. The molecule has 114 valence electrons. The summed E-state index contributed by atoms with van der Waals surface area (Å²) in [5.41, 5.74) is 5.46. The van der Waals surface area contributed by atoms with E-state index in [2.05, 4.69) is 59.9 Å². The summed E-state index contributed by atoms with van der Waals surface area (Å²) in [5, 5.41) is 3.90. The van der Waals surface area contributed by atoms with Crippen molar-refractivity contribution in [3.8, 4) is 34.2 Å². The lowest BCUT2D eigenvalue weighted by Crippen LogP contribution is -1.86. The predicted molar refractivity (Wildman–Crippen MR) is 103 cm³/mol. The minimum atomic E-state index is 0.923. The number of fused-ring (bicyclic) bond motifs is 1. The van der Waals surface area contributed by atoms with Crippen LogP contribution in [0.25, 0.3) is 31.9 Å². The number of rotatable bonds is 3. The number of thiazole rings is 1. The van der Waals surface area contributed by atoms with Crippen molar-refractivity contribution in [3.63, 3.8) is 0 Å². The summed E-state index contributed by atoms with van der Waals surface area (Å²) in [6.45, 7) is 0. The third-order valence-electron chi connectivity index (χ3n) is 3.86. The van der Waals surface area contributed by atoms with Crippen molar-refractivity contribution in [2.75, 3.05) is 5.32 Å². The van der Waals surface area contributed by atoms with Gasteiger partial charge in [-0.05, 0) is 35.4 Å². The van der Waals surface area contributed by atoms with E-state index in [1.165, 1.54) is 10.3 Å². The first-order valence-corrected chi connectivity index (χ1v) is 8.43. The second-order valence-electron chi connectivity index (χ2n) is 5.41. The summed E-state index contributed by atoms with van der Waals surface area (Å²) >= 11 is 1.72. The van der Waals surface area contributed by atoms with E-state index in [-0.39, 0.29) is 0 Å². The van der Waals surface area contributed by atoms with Crippen LogP contribution >= 0.6 is 11.3 Å². The Balaban J connectivity index is 1.63. The lowest BCUT2D eigenvalue weighted by Gasteiger charge is -2.04. The fourth-order valence-electron chi connectivity index (χ4n) is 2.63. The van der Waals surface area contributed by atoms with E-state index in [0.29, 0.717) is 0 Å². The Morgan fingerprint density at radius 3 is 2.08 bits per heavy atom. The summed E-state index contributed by atoms with van der Waals surface area (Å²) in [7, 11) is 0. The Morgan fingerprint density at radius 1 is 0.792 bits per heavy atom. The van der Waals surface area contributed by atoms with Crippen molar-refractivity contribution in [1.82, 2.24) is 4.98 Å². The zero-order chi connectivity index (χ0) is 16.4. The van der Waals surface area contributed by atoms with Crippen LogP contribution in [0.3, 0.4) is 0 Å². The summed E-state index contributed by atoms with van der Waals surface area (Å²) in [6.07, 6.45) is 5.24. The molecule has 2 nitrogen and oxygen atoms in total. The molecule has 3 heteroatoms. The number of hydrogen-bond donors (Lipinski definition) is 1. The number of aromatic nitrogens is 1. The number of hydrogen-bond acceptors (Lipinski definition) is 3. The minimum Gasteiger partial charge on any atom is -0.315 e. The molecule has 0 atom stereocenters. The molecule has 1 heterocycles. The first-order chi connectivity index (χ1) is 11.8. The lowest BCUT2D eigenvalue weighted by atomic mass is 10.0. The van der Waals surface area contributed by atoms with Crippen molar-refractivity contribution in [2.45, 2.75) is 0 Å². The Kier molecular flexibility index (Phi) is 3.74. The van der Waals surface area contributed by atoms with Gasteiger partial charge in [0.1, 0.15) is 5.01 Å². The van der Waals surface area contributed by atoms with E-state index in [9.17, 15) is 0 Å². The number of benzene rings is 3. The zero-order valence-electron chi connectivity index (χ0n) is 12.9. The molecule has 4 aromatic rings. The van der Waals surface area contributed by atoms with Crippen molar-refractivity contribution in [3.05, 3.63) is 72.8 Å². The van der Waals surface area contributed by atoms with Crippen molar-refractivity contribution in [2.24, 2.45) is 0 Å². The number of para-hydroxylation sites is 1. The molecule has 0 spiro atoms. The number of nitrogens with one attached hydrogen (secondary N) is 1. The van der Waals surface area contributed by atoms with Crippen molar-refractivity contribution < 1.29 is 0 Å². The van der Waals surface area contributed by atoms with Crippen LogP contribution < -0.4 is 5.32 Å². The lowest BCUT2D eigenvalue weighted by molar-refractivity contribution is 1.47. The van der Waals surface area contributed by atoms with Crippen LogP contribution in [0.1, 0.15) is 0 Å². The van der Waals surface area contributed by atoms with E-state index in [1.54, 1.807) is 11.3 Å². The predicted octanol–water partition coefficient (Wildman–Crippen LogP) is 5.63. The van der Waals surface area contributed by atoms with Gasteiger partial charge in [-0.25, -0.2) is 4.98 Å². The molecule has 0 bridgehead atoms. The summed E-state index contributed by atoms with van der Waals surface area (Å²) in [4.78, 5) is 4.71. The smallest absolute Gasteiger partial charge is 0.124 e. The first kappa shape index (κ1) is 14.5. The highest BCUT2D eigenvalue weighted by molar-refractivity contribution is 7.21. The summed E-state index contributed by atoms with van der Waals surface area (Å²) < 4.78 is 1.22. The van der Waals surface area contributed by atoms with Crippen molar-refractivity contribution in [1.29, 1.82) is 0 Å². The summed E-state index contributed by atoms with van der Waals surface area (Å²) in [5.74, 6) is 0. The molecule has 3 aromatic carbocycles. The largest absolute Gasteiger partial charge is 0.315 e. The van der Waals surface area contributed by atoms with Gasteiger partial charge in [0.15, 0.2) is 0 Å². The second-order valence-corrected chi connectivity index (χ2v) is 6.44. The second kappa shape index (κ2) is 6.19. The minimum absolute atomic E-state index is 0.923. The number of anilines is 1. The Labute approximate surface area is 144 Å². The van der Waals surface area contributed by atoms with Crippen LogP contribution in [0.5, 0.6) is 0 Å². The molecule has 1 N–H and O–H groups in total. The van der Waals surface area contributed by atoms with Gasteiger partial charge in [-0.1, -0.05) is 55.0 Å². The highest BCUT2D eigenvalue weighted by Gasteiger charge is 2.06. The van der Waals surface area contributed by atoms with Gasteiger partial charge in [0.25, 0.3) is 0 Å². The molecule has 4 rings (SSSR count). The molecule has 0 fully saturated rings. The maximum Gasteiger partial charge on any atom is 0.124 e. The molecule has 24 heavy (non-hydrogen) atoms. The number of terminal acetylenes is 1. The molecular weight excluding hydrogens is 312 g/mol. The average Bonchev–Trinajstić information content (AvgIpc) is 3.07. The van der Waals surface area contributed by atoms with E-state index < -0.39 is 0 Å². The highest BCUT2D eigenvalue weighted by Crippen LogP contribution is 2.31. The van der Waals surface area contributed by atoms with Gasteiger partial charge >= 0.3 is 0 Å². The fraction of sp³-hybridized carbons (Fsp3) is 0. The highest BCUT2D eigenvalue weighted by atomic mass is 32.1. The van der Waals surface area contributed by atoms with E-state index >= 15 is 0 Å². The molecule has 0 unspecified atom stereocenters. The van der Waals surface area contributed by atoms with Crippen LogP contribution in [0.15, 0.2) is 72.8 Å². The molecule has 0 aliphatic heterocycles. The maximum absolute atomic E-state index is 5.24. The van der Waals surface area contributed by atoms with Gasteiger partial charge in [-0.3, -0.25) is 0 Å². The van der Waals surface area contributed by atoms with E-state index in [0.717, 1.165) is 27.3 Å². The van der Waals surface area contributed by atoms with Crippen LogP contribution in [-0.2, 0) is 0 Å². The zero-order valence-corrected chi connectivity index (χ0v) is 13.7. The normalized spacial score (nSPS) is 10.5. The molecular formula is C21H14N2S. The molecule has 0 amide bonds. The molecule has 0 saturated carbocycles. The Hall–Kier alpha value is -3.09. The van der Waals surface area contributed by atoms with Gasteiger partial charge < -0.3 is 5.32 Å². The van der Waals surface area contributed by atoms with E-state index in [4.69, 9.17) is 11.4 Å². The average molecular weight is 326 g/mol. The molecule has 0 aliphatic rings. The van der Waals surface area contributed by atoms with Gasteiger partial charge in [0, 0.05) is 17.3 Å². The van der Waals surface area contributed by atoms with Crippen LogP contribution in [-0.4, -0.2) is 4.98 Å². The van der Waals surface area contributed by atoms with Gasteiger partial charge in [0.2, 0.25) is 0 Å². The fourth-order valence-corrected chi connectivity index (χ4v) is 3.60. The third kappa shape index (κ3) is 2.76. The van der Waals surface area contributed by atoms with E-state index in [1.807, 2.05) is 24.3 Å². The third-order valence-corrected chi connectivity index (χ3v) is 4.95. The van der Waals surface area contributed by atoms with Crippen LogP contribution in [0.4, 0.5) is 5.69 Å². The Morgan fingerprint density at radius 2 is 1.42 bits per heavy atom. The SMILES string of the molecule is C#CNc1ccc(-c2ccc(-c3nc4ccccc4s3)cc2)cc1. The number of nitrogens with zero attached hydrogens (tertiary/aromatic N) is 1.